The van der Waals surface area contributed by atoms with Gasteiger partial charge in [0.1, 0.15) is 4.83 Å². The zero-order valence-electron chi connectivity index (χ0n) is 16.0. The van der Waals surface area contributed by atoms with E-state index >= 15 is 0 Å². The quantitative estimate of drug-likeness (QED) is 0.292. The smallest absolute Gasteiger partial charge is 0.324 e. The number of aliphatic imine (C=N–C) groups is 1. The van der Waals surface area contributed by atoms with E-state index in [1.807, 2.05) is 5.01 Å². The molecule has 3 aromatic heterocycles. The van der Waals surface area contributed by atoms with E-state index in [0.717, 1.165) is 35.2 Å². The molecule has 3 aromatic rings. The molecule has 2 N–H and O–H groups in total. The first-order valence-corrected chi connectivity index (χ1v) is 10.7. The number of ether oxygens (including phenoxy) is 1. The van der Waals surface area contributed by atoms with Gasteiger partial charge < -0.3 is 15.6 Å². The molecular formula is C19H22N6O3S. The van der Waals surface area contributed by atoms with Crippen molar-refractivity contribution < 1.29 is 19.2 Å². The summed E-state index contributed by atoms with van der Waals surface area (Å²) in [6.07, 6.45) is 7.14. The number of nitrogens with zero attached hydrogens (tertiary/aromatic N) is 5. The molecule has 152 valence electrons. The third kappa shape index (κ3) is 3.53. The minimum Gasteiger partial charge on any atom is -0.857 e. The Balaban J connectivity index is 1.45. The molecule has 0 atom stereocenters. The lowest BCUT2D eigenvalue weighted by molar-refractivity contribution is -0.759. The maximum atomic E-state index is 12.8. The number of aryl methyl sites for hydroxylation is 2. The molecule has 29 heavy (non-hydrogen) atoms. The van der Waals surface area contributed by atoms with Gasteiger partial charge in [-0.05, 0) is 37.3 Å². The zero-order chi connectivity index (χ0) is 19.8. The number of morpholine rings is 1. The number of fused-ring (bicyclic) bond motifs is 2. The van der Waals surface area contributed by atoms with E-state index in [1.54, 1.807) is 11.0 Å². The van der Waals surface area contributed by atoms with Crippen molar-refractivity contribution in [1.29, 1.82) is 0 Å². The second kappa shape index (κ2) is 7.60. The Labute approximate surface area is 171 Å². The van der Waals surface area contributed by atoms with E-state index in [9.17, 15) is 5.11 Å². The summed E-state index contributed by atoms with van der Waals surface area (Å²) in [7, 11) is 0. The second-order valence-electron chi connectivity index (χ2n) is 7.30. The van der Waals surface area contributed by atoms with Gasteiger partial charge in [0.15, 0.2) is 0 Å². The molecule has 0 bridgehead atoms. The SMILES string of the molecule is Nc1c(/C([O-])=N/c2c[n+](N3CCOCC3)no2)sc2nc3c(cc12)CCCCC3. The molecule has 1 fully saturated rings. The predicted molar refractivity (Wildman–Crippen MR) is 107 cm³/mol. The summed E-state index contributed by atoms with van der Waals surface area (Å²) in [5.41, 5.74) is 9.13. The van der Waals surface area contributed by atoms with Gasteiger partial charge in [0.2, 0.25) is 5.27 Å². The maximum Gasteiger partial charge on any atom is 0.324 e. The van der Waals surface area contributed by atoms with Crippen LogP contribution in [-0.2, 0) is 17.6 Å². The second-order valence-corrected chi connectivity index (χ2v) is 8.30. The molecule has 9 nitrogen and oxygen atoms in total. The molecule has 0 unspecified atom stereocenters. The number of thiophene rings is 1. The number of hydrogen-bond donors (Lipinski definition) is 1. The number of hydrogen-bond acceptors (Lipinski definition) is 9. The third-order valence-electron chi connectivity index (χ3n) is 5.38. The van der Waals surface area contributed by atoms with Crippen molar-refractivity contribution in [1.82, 2.24) is 10.3 Å². The number of aromatic nitrogens is 3. The van der Waals surface area contributed by atoms with E-state index < -0.39 is 5.90 Å². The molecule has 4 heterocycles. The predicted octanol–water partition coefficient (Wildman–Crippen LogP) is 0.830. The number of nitrogen functional groups attached to an aromatic ring is 1. The monoisotopic (exact) mass is 414 g/mol. The fourth-order valence-corrected chi connectivity index (χ4v) is 4.80. The molecule has 5 rings (SSSR count). The van der Waals surface area contributed by atoms with Gasteiger partial charge in [-0.3, -0.25) is 4.52 Å². The van der Waals surface area contributed by atoms with Crippen molar-refractivity contribution in [2.75, 3.05) is 37.0 Å². The van der Waals surface area contributed by atoms with Gasteiger partial charge in [-0.25, -0.2) is 9.98 Å². The van der Waals surface area contributed by atoms with Crippen molar-refractivity contribution in [2.45, 2.75) is 32.1 Å². The first-order chi connectivity index (χ1) is 14.2. The summed E-state index contributed by atoms with van der Waals surface area (Å²) in [6.45, 7) is 2.65. The highest BCUT2D eigenvalue weighted by Gasteiger charge is 2.23. The third-order valence-corrected chi connectivity index (χ3v) is 6.48. The first-order valence-electron chi connectivity index (χ1n) is 9.87. The van der Waals surface area contributed by atoms with Crippen LogP contribution in [0.3, 0.4) is 0 Å². The summed E-state index contributed by atoms with van der Waals surface area (Å²) in [5, 5.41) is 19.5. The van der Waals surface area contributed by atoms with Crippen LogP contribution in [0.2, 0.25) is 0 Å². The van der Waals surface area contributed by atoms with Crippen LogP contribution in [0.1, 0.15) is 35.4 Å². The number of rotatable bonds is 3. The van der Waals surface area contributed by atoms with Gasteiger partial charge in [-0.1, -0.05) is 6.42 Å². The Hall–Kier alpha value is -2.72. The molecule has 0 aromatic carbocycles. The normalized spacial score (nSPS) is 18.1. The summed E-state index contributed by atoms with van der Waals surface area (Å²) >= 11 is 1.29. The molecule has 0 saturated carbocycles. The Morgan fingerprint density at radius 2 is 2.07 bits per heavy atom. The Morgan fingerprint density at radius 3 is 2.93 bits per heavy atom. The summed E-state index contributed by atoms with van der Waals surface area (Å²) in [6, 6.07) is 2.10. The molecule has 2 aliphatic rings. The lowest BCUT2D eigenvalue weighted by Gasteiger charge is -2.18. The van der Waals surface area contributed by atoms with E-state index in [4.69, 9.17) is 20.0 Å². The number of nitrogens with two attached hydrogens (primary N) is 1. The fourth-order valence-electron chi connectivity index (χ4n) is 3.82. The molecule has 1 saturated heterocycles. The number of pyridine rings is 1. The maximum absolute atomic E-state index is 12.8. The van der Waals surface area contributed by atoms with Crippen molar-refractivity contribution in [3.63, 3.8) is 0 Å². The topological polar surface area (TPSA) is 117 Å². The van der Waals surface area contributed by atoms with Crippen LogP contribution in [0, 0.1) is 0 Å². The van der Waals surface area contributed by atoms with Crippen molar-refractivity contribution >= 4 is 39.0 Å². The molecule has 1 aliphatic heterocycles. The van der Waals surface area contributed by atoms with Crippen LogP contribution < -0.4 is 20.6 Å². The molecular weight excluding hydrogens is 392 g/mol. The fraction of sp³-hybridized carbons (Fsp3) is 0.474. The number of anilines is 1. The summed E-state index contributed by atoms with van der Waals surface area (Å²) in [5.74, 6) is -0.298. The largest absolute Gasteiger partial charge is 0.857 e. The lowest BCUT2D eigenvalue weighted by Crippen LogP contribution is -2.62. The minimum absolute atomic E-state index is 0.141. The van der Waals surface area contributed by atoms with Gasteiger partial charge in [-0.15, -0.1) is 16.3 Å². The van der Waals surface area contributed by atoms with Crippen LogP contribution in [0.15, 0.2) is 21.8 Å². The van der Waals surface area contributed by atoms with Crippen LogP contribution in [0.4, 0.5) is 11.6 Å². The standard InChI is InChI=1S/C19H22N6O3S/c20-16-13-10-12-4-2-1-3-5-14(12)21-19(13)29-17(16)18(26)22-15-11-25(23-28-15)24-6-8-27-9-7-24/h10-11H,1-9H2,(H2-,20,22,23,26). The summed E-state index contributed by atoms with van der Waals surface area (Å²) < 4.78 is 10.5. The van der Waals surface area contributed by atoms with Gasteiger partial charge >= 0.3 is 5.88 Å². The van der Waals surface area contributed by atoms with Gasteiger partial charge in [0.25, 0.3) is 6.20 Å². The molecule has 0 spiro atoms. The first kappa shape index (κ1) is 18.3. The molecule has 10 heteroatoms. The van der Waals surface area contributed by atoms with E-state index in [0.29, 0.717) is 36.9 Å². The van der Waals surface area contributed by atoms with Crippen LogP contribution in [0.5, 0.6) is 0 Å². The van der Waals surface area contributed by atoms with E-state index in [2.05, 4.69) is 16.3 Å². The Bertz CT molecular complexity index is 1070. The molecule has 0 amide bonds. The summed E-state index contributed by atoms with van der Waals surface area (Å²) in [4.78, 5) is 11.6. The minimum atomic E-state index is -0.439. The van der Waals surface area contributed by atoms with Crippen LogP contribution >= 0.6 is 11.3 Å². The van der Waals surface area contributed by atoms with E-state index in [1.165, 1.54) is 29.7 Å². The van der Waals surface area contributed by atoms with Gasteiger partial charge in [0, 0.05) is 17.0 Å². The Kier molecular flexibility index (Phi) is 4.80. The highest BCUT2D eigenvalue weighted by Crippen LogP contribution is 2.35. The molecule has 0 radical (unpaired) electrons. The highest BCUT2D eigenvalue weighted by molar-refractivity contribution is 7.21. The van der Waals surface area contributed by atoms with Crippen molar-refractivity contribution in [3.8, 4) is 0 Å². The van der Waals surface area contributed by atoms with E-state index in [-0.39, 0.29) is 5.88 Å². The van der Waals surface area contributed by atoms with Crippen molar-refractivity contribution in [3.05, 3.63) is 28.4 Å². The highest BCUT2D eigenvalue weighted by atomic mass is 32.1. The van der Waals surface area contributed by atoms with Gasteiger partial charge in [0.05, 0.1) is 41.7 Å². The van der Waals surface area contributed by atoms with Crippen LogP contribution in [-0.4, -0.2) is 42.5 Å². The van der Waals surface area contributed by atoms with Crippen molar-refractivity contribution in [2.24, 2.45) is 4.99 Å². The molecule has 1 aliphatic carbocycles. The Morgan fingerprint density at radius 1 is 1.24 bits per heavy atom. The average Bonchev–Trinajstić information content (AvgIpc) is 3.24. The lowest BCUT2D eigenvalue weighted by atomic mass is 10.1. The zero-order valence-corrected chi connectivity index (χ0v) is 16.8. The van der Waals surface area contributed by atoms with Gasteiger partial charge in [-0.2, -0.15) is 0 Å². The average molecular weight is 414 g/mol. The van der Waals surface area contributed by atoms with Crippen LogP contribution in [0.25, 0.3) is 10.2 Å².